The summed E-state index contributed by atoms with van der Waals surface area (Å²) in [5, 5.41) is 0. The molecule has 0 atom stereocenters. The molecule has 0 saturated heterocycles. The van der Waals surface area contributed by atoms with Crippen LogP contribution in [0.4, 0.5) is 0 Å². The maximum atomic E-state index is 3.82. The van der Waals surface area contributed by atoms with Crippen LogP contribution in [0.25, 0.3) is 12.2 Å². The van der Waals surface area contributed by atoms with Crippen molar-refractivity contribution in [2.24, 2.45) is 11.8 Å². The second-order valence-corrected chi connectivity index (χ2v) is 7.19. The molecule has 0 aromatic heterocycles. The minimum Gasteiger partial charge on any atom is -0.0985 e. The first-order valence-corrected chi connectivity index (χ1v) is 9.19. The monoisotopic (exact) mass is 316 g/mol. The Labute approximate surface area is 146 Å². The molecule has 3 rings (SSSR count). The van der Waals surface area contributed by atoms with Crippen LogP contribution >= 0.6 is 0 Å². The van der Waals surface area contributed by atoms with E-state index in [-0.39, 0.29) is 0 Å². The zero-order chi connectivity index (χ0) is 16.8. The van der Waals surface area contributed by atoms with E-state index in [9.17, 15) is 0 Å². The quantitative estimate of drug-likeness (QED) is 0.566. The van der Waals surface area contributed by atoms with Crippen molar-refractivity contribution < 1.29 is 0 Å². The summed E-state index contributed by atoms with van der Waals surface area (Å²) < 4.78 is 0. The molecule has 0 nitrogen and oxygen atoms in total. The van der Waals surface area contributed by atoms with E-state index in [1.807, 2.05) is 12.2 Å². The second-order valence-electron chi connectivity index (χ2n) is 7.19. The molecule has 0 unspecified atom stereocenters. The van der Waals surface area contributed by atoms with Crippen molar-refractivity contribution in [1.29, 1.82) is 0 Å². The van der Waals surface area contributed by atoms with Crippen LogP contribution in [0.5, 0.6) is 0 Å². The lowest BCUT2D eigenvalue weighted by atomic mass is 9.77. The van der Waals surface area contributed by atoms with Gasteiger partial charge in [0.05, 0.1) is 0 Å². The van der Waals surface area contributed by atoms with Gasteiger partial charge in [-0.3, -0.25) is 0 Å². The minimum atomic E-state index is 0.860. The molecule has 0 bridgehead atoms. The number of benzene rings is 2. The van der Waals surface area contributed by atoms with Crippen LogP contribution in [0.1, 0.15) is 47.9 Å². The van der Waals surface area contributed by atoms with E-state index in [2.05, 4.69) is 61.7 Å². The average Bonchev–Trinajstić information content (AvgIpc) is 2.65. The Morgan fingerprint density at radius 2 is 0.958 bits per heavy atom. The number of hydrogen-bond donors (Lipinski definition) is 0. The third kappa shape index (κ3) is 4.47. The summed E-state index contributed by atoms with van der Waals surface area (Å²) >= 11 is 0. The lowest BCUT2D eigenvalue weighted by Crippen LogP contribution is -2.18. The standard InChI is InChI=1S/C24H28/c1-3-19-5-9-21(10-6-19)17-23-13-15-24(16-14-23)18-22-11-7-20(4-2)8-12-22/h3-12,23-24H,1-2,13-18H2. The van der Waals surface area contributed by atoms with E-state index in [1.54, 1.807) is 0 Å². The van der Waals surface area contributed by atoms with Crippen LogP contribution in [0, 0.1) is 11.8 Å². The molecule has 1 aliphatic rings. The van der Waals surface area contributed by atoms with Crippen molar-refractivity contribution in [3.05, 3.63) is 83.9 Å². The largest absolute Gasteiger partial charge is 0.0985 e. The topological polar surface area (TPSA) is 0 Å². The minimum absolute atomic E-state index is 0.860. The van der Waals surface area contributed by atoms with E-state index in [1.165, 1.54) is 60.8 Å². The molecular weight excluding hydrogens is 288 g/mol. The van der Waals surface area contributed by atoms with Crippen LogP contribution < -0.4 is 0 Å². The Morgan fingerprint density at radius 1 is 0.625 bits per heavy atom. The molecule has 0 heteroatoms. The van der Waals surface area contributed by atoms with E-state index < -0.39 is 0 Å². The molecule has 1 aliphatic carbocycles. The van der Waals surface area contributed by atoms with Crippen molar-refractivity contribution in [2.45, 2.75) is 38.5 Å². The summed E-state index contributed by atoms with van der Waals surface area (Å²) in [5.74, 6) is 1.72. The highest BCUT2D eigenvalue weighted by Gasteiger charge is 2.21. The Kier molecular flexibility index (Phi) is 5.69. The van der Waals surface area contributed by atoms with Gasteiger partial charge in [0.2, 0.25) is 0 Å². The van der Waals surface area contributed by atoms with Gasteiger partial charge < -0.3 is 0 Å². The normalized spacial score (nSPS) is 20.5. The lowest BCUT2D eigenvalue weighted by molar-refractivity contribution is 0.272. The Morgan fingerprint density at radius 3 is 1.25 bits per heavy atom. The van der Waals surface area contributed by atoms with Gasteiger partial charge >= 0.3 is 0 Å². The third-order valence-corrected chi connectivity index (χ3v) is 5.45. The fraction of sp³-hybridized carbons (Fsp3) is 0.333. The van der Waals surface area contributed by atoms with Crippen LogP contribution in [-0.4, -0.2) is 0 Å². The second kappa shape index (κ2) is 8.15. The fourth-order valence-electron chi connectivity index (χ4n) is 3.89. The summed E-state index contributed by atoms with van der Waals surface area (Å²) in [4.78, 5) is 0. The summed E-state index contributed by atoms with van der Waals surface area (Å²) in [7, 11) is 0. The number of hydrogen-bond acceptors (Lipinski definition) is 0. The van der Waals surface area contributed by atoms with Crippen molar-refractivity contribution in [1.82, 2.24) is 0 Å². The van der Waals surface area contributed by atoms with Gasteiger partial charge in [0.15, 0.2) is 0 Å². The Balaban J connectivity index is 1.47. The molecule has 0 radical (unpaired) electrons. The molecule has 124 valence electrons. The van der Waals surface area contributed by atoms with Crippen molar-refractivity contribution in [3.63, 3.8) is 0 Å². The predicted molar refractivity (Wildman–Crippen MR) is 106 cm³/mol. The van der Waals surface area contributed by atoms with Crippen molar-refractivity contribution in [3.8, 4) is 0 Å². The molecule has 0 N–H and O–H groups in total. The van der Waals surface area contributed by atoms with Gasteiger partial charge in [-0.1, -0.05) is 73.8 Å². The first kappa shape index (κ1) is 16.8. The van der Waals surface area contributed by atoms with Crippen LogP contribution in [-0.2, 0) is 12.8 Å². The Hall–Kier alpha value is -2.08. The molecule has 0 spiro atoms. The van der Waals surface area contributed by atoms with Gasteiger partial charge in [0.1, 0.15) is 0 Å². The SMILES string of the molecule is C=Cc1ccc(CC2CCC(Cc3ccc(C=C)cc3)CC2)cc1. The zero-order valence-electron chi connectivity index (χ0n) is 14.6. The summed E-state index contributed by atoms with van der Waals surface area (Å²) in [6.45, 7) is 7.65. The van der Waals surface area contributed by atoms with E-state index in [4.69, 9.17) is 0 Å². The summed E-state index contributed by atoms with van der Waals surface area (Å²) in [6.07, 6.45) is 11.8. The predicted octanol–water partition coefficient (Wildman–Crippen LogP) is 6.56. The molecule has 1 fully saturated rings. The van der Waals surface area contributed by atoms with Gasteiger partial charge in [-0.15, -0.1) is 0 Å². The van der Waals surface area contributed by atoms with Crippen molar-refractivity contribution >= 4 is 12.2 Å². The maximum absolute atomic E-state index is 3.82. The molecule has 1 saturated carbocycles. The van der Waals surface area contributed by atoms with Gasteiger partial charge in [0, 0.05) is 0 Å². The average molecular weight is 316 g/mol. The number of rotatable bonds is 6. The molecular formula is C24H28. The smallest absolute Gasteiger partial charge is 0.0250 e. The van der Waals surface area contributed by atoms with E-state index in [0.29, 0.717) is 0 Å². The van der Waals surface area contributed by atoms with Gasteiger partial charge in [-0.05, 0) is 72.6 Å². The lowest BCUT2D eigenvalue weighted by Gasteiger charge is -2.28. The van der Waals surface area contributed by atoms with E-state index >= 15 is 0 Å². The molecule has 2 aromatic carbocycles. The molecule has 0 aliphatic heterocycles. The highest BCUT2D eigenvalue weighted by Crippen LogP contribution is 2.33. The van der Waals surface area contributed by atoms with Crippen LogP contribution in [0.2, 0.25) is 0 Å². The fourth-order valence-corrected chi connectivity index (χ4v) is 3.89. The highest BCUT2D eigenvalue weighted by atomic mass is 14.3. The molecule has 24 heavy (non-hydrogen) atoms. The van der Waals surface area contributed by atoms with Gasteiger partial charge in [-0.25, -0.2) is 0 Å². The Bertz CT molecular complexity index is 591. The first-order chi connectivity index (χ1) is 11.8. The summed E-state index contributed by atoms with van der Waals surface area (Å²) in [6, 6.07) is 17.8. The van der Waals surface area contributed by atoms with Crippen molar-refractivity contribution in [2.75, 3.05) is 0 Å². The molecule has 0 amide bonds. The summed E-state index contributed by atoms with van der Waals surface area (Å²) in [5.41, 5.74) is 5.38. The first-order valence-electron chi connectivity index (χ1n) is 9.19. The van der Waals surface area contributed by atoms with Gasteiger partial charge in [-0.2, -0.15) is 0 Å². The zero-order valence-corrected chi connectivity index (χ0v) is 14.6. The van der Waals surface area contributed by atoms with Gasteiger partial charge in [0.25, 0.3) is 0 Å². The van der Waals surface area contributed by atoms with E-state index in [0.717, 1.165) is 11.8 Å². The van der Waals surface area contributed by atoms with Crippen LogP contribution in [0.3, 0.4) is 0 Å². The third-order valence-electron chi connectivity index (χ3n) is 5.45. The molecule has 0 heterocycles. The highest BCUT2D eigenvalue weighted by molar-refractivity contribution is 5.47. The maximum Gasteiger partial charge on any atom is -0.0250 e. The molecule has 2 aromatic rings. The van der Waals surface area contributed by atoms with Crippen LogP contribution in [0.15, 0.2) is 61.7 Å².